The Balaban J connectivity index is 2.16. The Morgan fingerprint density at radius 1 is 1.33 bits per heavy atom. The van der Waals surface area contributed by atoms with E-state index in [4.69, 9.17) is 4.74 Å². The molecular formula is C13H11FN2O2. The topological polar surface area (TPSA) is 52.1 Å². The lowest BCUT2D eigenvalue weighted by Gasteiger charge is -2.02. The van der Waals surface area contributed by atoms with Crippen LogP contribution in [0, 0.1) is 5.82 Å². The van der Waals surface area contributed by atoms with E-state index < -0.39 is 5.82 Å². The van der Waals surface area contributed by atoms with E-state index >= 15 is 0 Å². The number of aromatic nitrogens is 2. The zero-order valence-electron chi connectivity index (χ0n) is 9.76. The lowest BCUT2D eigenvalue weighted by molar-refractivity contribution is 0.0991. The number of carbonyl (C=O) groups is 1. The van der Waals surface area contributed by atoms with Gasteiger partial charge in [-0.25, -0.2) is 14.4 Å². The number of nitrogens with zero attached hydrogens (tertiary/aromatic N) is 2. The molecule has 5 heteroatoms. The Kier molecular flexibility index (Phi) is 3.62. The largest absolute Gasteiger partial charge is 0.481 e. The quantitative estimate of drug-likeness (QED) is 0.775. The van der Waals surface area contributed by atoms with E-state index in [0.717, 1.165) is 0 Å². The minimum absolute atomic E-state index is 0.0856. The predicted octanol–water partition coefficient (Wildman–Crippen LogP) is 2.05. The minimum Gasteiger partial charge on any atom is -0.481 e. The van der Waals surface area contributed by atoms with Gasteiger partial charge in [0.2, 0.25) is 5.88 Å². The van der Waals surface area contributed by atoms with Crippen LogP contribution in [0.1, 0.15) is 16.1 Å². The molecule has 0 N–H and O–H groups in total. The molecule has 0 saturated carbocycles. The number of ketones is 1. The molecular weight excluding hydrogens is 235 g/mol. The van der Waals surface area contributed by atoms with Gasteiger partial charge in [0.05, 0.1) is 19.2 Å². The Morgan fingerprint density at radius 2 is 2.17 bits per heavy atom. The average Bonchev–Trinajstić information content (AvgIpc) is 2.39. The van der Waals surface area contributed by atoms with E-state index in [-0.39, 0.29) is 12.2 Å². The van der Waals surface area contributed by atoms with Crippen LogP contribution in [0.15, 0.2) is 36.7 Å². The fourth-order valence-corrected chi connectivity index (χ4v) is 1.51. The van der Waals surface area contributed by atoms with Gasteiger partial charge in [0.25, 0.3) is 0 Å². The number of hydrogen-bond donors (Lipinski definition) is 0. The van der Waals surface area contributed by atoms with Gasteiger partial charge in [-0.05, 0) is 12.1 Å². The van der Waals surface area contributed by atoms with Crippen LogP contribution < -0.4 is 4.74 Å². The third-order valence-electron chi connectivity index (χ3n) is 2.40. The smallest absolute Gasteiger partial charge is 0.216 e. The van der Waals surface area contributed by atoms with Crippen LogP contribution in [-0.2, 0) is 6.42 Å². The molecule has 0 amide bonds. The summed E-state index contributed by atoms with van der Waals surface area (Å²) in [6.07, 6.45) is 1.41. The van der Waals surface area contributed by atoms with Crippen molar-refractivity contribution in [2.75, 3.05) is 7.11 Å². The van der Waals surface area contributed by atoms with Gasteiger partial charge >= 0.3 is 0 Å². The second kappa shape index (κ2) is 5.35. The van der Waals surface area contributed by atoms with Crippen molar-refractivity contribution in [3.8, 4) is 5.88 Å². The van der Waals surface area contributed by atoms with Crippen LogP contribution in [0.25, 0.3) is 0 Å². The van der Waals surface area contributed by atoms with Crippen molar-refractivity contribution in [2.24, 2.45) is 0 Å². The van der Waals surface area contributed by atoms with Gasteiger partial charge in [-0.2, -0.15) is 0 Å². The molecule has 92 valence electrons. The van der Waals surface area contributed by atoms with Crippen LogP contribution >= 0.6 is 0 Å². The maximum absolute atomic E-state index is 13.0. The van der Waals surface area contributed by atoms with Crippen molar-refractivity contribution in [1.29, 1.82) is 0 Å². The molecule has 0 spiro atoms. The van der Waals surface area contributed by atoms with Gasteiger partial charge in [-0.3, -0.25) is 4.79 Å². The number of benzene rings is 1. The summed E-state index contributed by atoms with van der Waals surface area (Å²) < 4.78 is 17.9. The second-order valence-electron chi connectivity index (χ2n) is 3.66. The van der Waals surface area contributed by atoms with E-state index in [0.29, 0.717) is 17.1 Å². The van der Waals surface area contributed by atoms with Crippen molar-refractivity contribution >= 4 is 5.78 Å². The first kappa shape index (κ1) is 12.2. The van der Waals surface area contributed by atoms with Gasteiger partial charge in [0, 0.05) is 11.6 Å². The first-order valence-corrected chi connectivity index (χ1v) is 5.32. The maximum atomic E-state index is 13.0. The third-order valence-corrected chi connectivity index (χ3v) is 2.40. The number of halogens is 1. The summed E-state index contributed by atoms with van der Waals surface area (Å²) in [6.45, 7) is 0. The zero-order valence-corrected chi connectivity index (χ0v) is 9.76. The zero-order chi connectivity index (χ0) is 13.0. The highest BCUT2D eigenvalue weighted by atomic mass is 19.1. The van der Waals surface area contributed by atoms with Gasteiger partial charge in [-0.1, -0.05) is 12.1 Å². The molecule has 0 saturated heterocycles. The summed E-state index contributed by atoms with van der Waals surface area (Å²) in [7, 11) is 1.49. The predicted molar refractivity (Wildman–Crippen MR) is 63.0 cm³/mol. The summed E-state index contributed by atoms with van der Waals surface area (Å²) >= 11 is 0. The molecule has 2 aromatic rings. The number of rotatable bonds is 4. The standard InChI is InChI=1S/C13H11FN2O2/c1-18-13-7-11(15-8-16-13)6-12(17)9-3-2-4-10(14)5-9/h2-5,7-8H,6H2,1H3. The van der Waals surface area contributed by atoms with Crippen molar-refractivity contribution < 1.29 is 13.9 Å². The molecule has 0 aliphatic carbocycles. The highest BCUT2D eigenvalue weighted by Gasteiger charge is 2.09. The summed E-state index contributed by atoms with van der Waals surface area (Å²) in [6, 6.07) is 7.16. The highest BCUT2D eigenvalue weighted by Crippen LogP contribution is 2.10. The number of methoxy groups -OCH3 is 1. The molecule has 0 unspecified atom stereocenters. The van der Waals surface area contributed by atoms with Crippen LogP contribution in [0.5, 0.6) is 5.88 Å². The summed E-state index contributed by atoms with van der Waals surface area (Å²) in [5.74, 6) is -0.233. The van der Waals surface area contributed by atoms with Crippen LogP contribution in [-0.4, -0.2) is 22.9 Å². The van der Waals surface area contributed by atoms with Crippen LogP contribution in [0.3, 0.4) is 0 Å². The van der Waals surface area contributed by atoms with E-state index in [1.807, 2.05) is 0 Å². The van der Waals surface area contributed by atoms with Crippen molar-refractivity contribution in [2.45, 2.75) is 6.42 Å². The van der Waals surface area contributed by atoms with E-state index in [1.54, 1.807) is 12.1 Å². The Morgan fingerprint density at radius 3 is 2.89 bits per heavy atom. The molecule has 0 aliphatic rings. The van der Waals surface area contributed by atoms with Gasteiger partial charge in [-0.15, -0.1) is 0 Å². The Labute approximate surface area is 103 Å². The molecule has 0 fully saturated rings. The molecule has 0 aliphatic heterocycles. The fraction of sp³-hybridized carbons (Fsp3) is 0.154. The number of ether oxygens (including phenoxy) is 1. The molecule has 4 nitrogen and oxygen atoms in total. The average molecular weight is 246 g/mol. The number of hydrogen-bond acceptors (Lipinski definition) is 4. The van der Waals surface area contributed by atoms with Crippen LogP contribution in [0.4, 0.5) is 4.39 Å². The molecule has 1 aromatic heterocycles. The van der Waals surface area contributed by atoms with E-state index in [1.165, 1.54) is 31.6 Å². The fourth-order valence-electron chi connectivity index (χ4n) is 1.51. The SMILES string of the molecule is COc1cc(CC(=O)c2cccc(F)c2)ncn1. The Hall–Kier alpha value is -2.30. The van der Waals surface area contributed by atoms with Gasteiger partial charge in [0.1, 0.15) is 12.1 Å². The molecule has 0 radical (unpaired) electrons. The molecule has 0 bridgehead atoms. The molecule has 2 rings (SSSR count). The third kappa shape index (κ3) is 2.88. The van der Waals surface area contributed by atoms with Crippen LogP contribution in [0.2, 0.25) is 0 Å². The lowest BCUT2D eigenvalue weighted by atomic mass is 10.1. The first-order chi connectivity index (χ1) is 8.69. The van der Waals surface area contributed by atoms with E-state index in [2.05, 4.69) is 9.97 Å². The molecule has 1 heterocycles. The lowest BCUT2D eigenvalue weighted by Crippen LogP contribution is -2.06. The monoisotopic (exact) mass is 246 g/mol. The van der Waals surface area contributed by atoms with Crippen molar-refractivity contribution in [3.05, 3.63) is 53.7 Å². The summed E-state index contributed by atoms with van der Waals surface area (Å²) in [4.78, 5) is 19.7. The van der Waals surface area contributed by atoms with E-state index in [9.17, 15) is 9.18 Å². The van der Waals surface area contributed by atoms with Gasteiger partial charge < -0.3 is 4.74 Å². The molecule has 18 heavy (non-hydrogen) atoms. The van der Waals surface area contributed by atoms with Crippen molar-refractivity contribution in [3.63, 3.8) is 0 Å². The Bertz CT molecular complexity index is 572. The minimum atomic E-state index is -0.430. The first-order valence-electron chi connectivity index (χ1n) is 5.32. The number of Topliss-reactive ketones (excluding diaryl/α,β-unsaturated/α-hetero) is 1. The normalized spacial score (nSPS) is 10.1. The number of carbonyl (C=O) groups excluding carboxylic acids is 1. The second-order valence-corrected chi connectivity index (χ2v) is 3.66. The van der Waals surface area contributed by atoms with Gasteiger partial charge in [0.15, 0.2) is 5.78 Å². The van der Waals surface area contributed by atoms with Crippen molar-refractivity contribution in [1.82, 2.24) is 9.97 Å². The maximum Gasteiger partial charge on any atom is 0.216 e. The summed E-state index contributed by atoms with van der Waals surface area (Å²) in [5.41, 5.74) is 0.865. The highest BCUT2D eigenvalue weighted by molar-refractivity contribution is 5.97. The molecule has 0 atom stereocenters. The molecule has 1 aromatic carbocycles. The summed E-state index contributed by atoms with van der Waals surface area (Å²) in [5, 5.41) is 0.